The van der Waals surface area contributed by atoms with Gasteiger partial charge in [0, 0.05) is 11.7 Å². The maximum atomic E-state index is 11.0. The molecule has 6 heteroatoms. The molecule has 0 atom stereocenters. The van der Waals surface area contributed by atoms with E-state index in [1.165, 1.54) is 7.11 Å². The van der Waals surface area contributed by atoms with Crippen molar-refractivity contribution in [1.82, 2.24) is 4.98 Å². The molecule has 1 aliphatic rings. The second-order valence-electron chi connectivity index (χ2n) is 5.57. The number of rotatable bonds is 3. The first-order valence-corrected chi connectivity index (χ1v) is 6.15. The van der Waals surface area contributed by atoms with Crippen LogP contribution in [0, 0.1) is 0 Å². The first kappa shape index (κ1) is 14.0. The maximum Gasteiger partial charge on any atom is 0.496 e. The molecule has 0 aliphatic carbocycles. The highest BCUT2D eigenvalue weighted by Crippen LogP contribution is 2.36. The third-order valence-electron chi connectivity index (χ3n) is 3.75. The van der Waals surface area contributed by atoms with Gasteiger partial charge in [0.05, 0.1) is 23.9 Å². The molecule has 102 valence electrons. The molecule has 2 heterocycles. The van der Waals surface area contributed by atoms with Gasteiger partial charge in [-0.05, 0) is 33.8 Å². The standard InChI is InChI=1S/C13H18BNO4/c1-12(2)13(3,4)19-14(18-12)10-6-9(8-16)11(17-5)15-7-10/h6-8H,1-5H3. The Morgan fingerprint density at radius 1 is 1.26 bits per heavy atom. The lowest BCUT2D eigenvalue weighted by atomic mass is 9.80. The smallest absolute Gasteiger partial charge is 0.480 e. The fourth-order valence-corrected chi connectivity index (χ4v) is 1.85. The normalized spacial score (nSPS) is 20.4. The zero-order valence-electron chi connectivity index (χ0n) is 11.9. The Kier molecular flexibility index (Phi) is 3.41. The molecule has 1 fully saturated rings. The van der Waals surface area contributed by atoms with Crippen LogP contribution in [0.2, 0.25) is 0 Å². The number of hydrogen-bond acceptors (Lipinski definition) is 5. The summed E-state index contributed by atoms with van der Waals surface area (Å²) in [5, 5.41) is 0. The molecule has 0 amide bonds. The van der Waals surface area contributed by atoms with Crippen molar-refractivity contribution in [2.45, 2.75) is 38.9 Å². The van der Waals surface area contributed by atoms with Crippen LogP contribution in [-0.4, -0.2) is 36.7 Å². The molecule has 0 saturated carbocycles. The number of aromatic nitrogens is 1. The number of ether oxygens (including phenoxy) is 1. The summed E-state index contributed by atoms with van der Waals surface area (Å²) in [6.07, 6.45) is 2.31. The van der Waals surface area contributed by atoms with Gasteiger partial charge < -0.3 is 14.0 Å². The molecule has 1 aliphatic heterocycles. The SMILES string of the molecule is COc1ncc(B2OC(C)(C)C(C)(C)O2)cc1C=O. The highest BCUT2D eigenvalue weighted by molar-refractivity contribution is 6.62. The van der Waals surface area contributed by atoms with E-state index in [9.17, 15) is 4.79 Å². The van der Waals surface area contributed by atoms with Crippen LogP contribution in [0.4, 0.5) is 0 Å². The third kappa shape index (κ3) is 2.38. The molecule has 5 nitrogen and oxygen atoms in total. The van der Waals surface area contributed by atoms with Crippen molar-refractivity contribution in [2.24, 2.45) is 0 Å². The predicted octanol–water partition coefficient (Wildman–Crippen LogP) is 1.20. The van der Waals surface area contributed by atoms with E-state index in [4.69, 9.17) is 14.0 Å². The van der Waals surface area contributed by atoms with Crippen molar-refractivity contribution in [3.63, 3.8) is 0 Å². The van der Waals surface area contributed by atoms with E-state index in [1.807, 2.05) is 27.7 Å². The van der Waals surface area contributed by atoms with Crippen molar-refractivity contribution in [3.8, 4) is 5.88 Å². The largest absolute Gasteiger partial charge is 0.496 e. The fourth-order valence-electron chi connectivity index (χ4n) is 1.85. The maximum absolute atomic E-state index is 11.0. The molecule has 0 N–H and O–H groups in total. The summed E-state index contributed by atoms with van der Waals surface area (Å²) in [6.45, 7) is 7.91. The van der Waals surface area contributed by atoms with E-state index in [1.54, 1.807) is 12.3 Å². The lowest BCUT2D eigenvalue weighted by Gasteiger charge is -2.32. The van der Waals surface area contributed by atoms with Crippen molar-refractivity contribution < 1.29 is 18.8 Å². The Hall–Kier alpha value is -1.40. The van der Waals surface area contributed by atoms with Gasteiger partial charge in [-0.2, -0.15) is 0 Å². The summed E-state index contributed by atoms with van der Waals surface area (Å²) in [6, 6.07) is 1.68. The Balaban J connectivity index is 2.32. The Morgan fingerprint density at radius 2 is 1.84 bits per heavy atom. The molecule has 2 rings (SSSR count). The highest BCUT2D eigenvalue weighted by atomic mass is 16.7. The second kappa shape index (κ2) is 4.61. The molecule has 0 radical (unpaired) electrons. The minimum absolute atomic E-state index is 0.301. The number of carbonyl (C=O) groups is 1. The molecular formula is C13H18BNO4. The van der Waals surface area contributed by atoms with Gasteiger partial charge in [0.15, 0.2) is 6.29 Å². The summed E-state index contributed by atoms with van der Waals surface area (Å²) >= 11 is 0. The van der Waals surface area contributed by atoms with Crippen molar-refractivity contribution >= 4 is 18.9 Å². The molecule has 19 heavy (non-hydrogen) atoms. The molecule has 1 saturated heterocycles. The number of nitrogens with zero attached hydrogens (tertiary/aromatic N) is 1. The Morgan fingerprint density at radius 3 is 2.32 bits per heavy atom. The second-order valence-corrected chi connectivity index (χ2v) is 5.57. The molecule has 0 unspecified atom stereocenters. The van der Waals surface area contributed by atoms with E-state index in [0.29, 0.717) is 23.2 Å². The number of carbonyl (C=O) groups excluding carboxylic acids is 1. The number of pyridine rings is 1. The topological polar surface area (TPSA) is 57.6 Å². The van der Waals surface area contributed by atoms with Crippen LogP contribution >= 0.6 is 0 Å². The van der Waals surface area contributed by atoms with Gasteiger partial charge in [-0.1, -0.05) is 0 Å². The monoisotopic (exact) mass is 263 g/mol. The van der Waals surface area contributed by atoms with Crippen LogP contribution in [-0.2, 0) is 9.31 Å². The van der Waals surface area contributed by atoms with Crippen LogP contribution in [0.3, 0.4) is 0 Å². The van der Waals surface area contributed by atoms with E-state index < -0.39 is 18.3 Å². The molecule has 1 aromatic rings. The third-order valence-corrected chi connectivity index (χ3v) is 3.75. The predicted molar refractivity (Wildman–Crippen MR) is 71.9 cm³/mol. The summed E-state index contributed by atoms with van der Waals surface area (Å²) < 4.78 is 16.8. The molecule has 1 aromatic heterocycles. The Labute approximate surface area is 113 Å². The minimum Gasteiger partial charge on any atom is -0.480 e. The lowest BCUT2D eigenvalue weighted by molar-refractivity contribution is 0.00578. The van der Waals surface area contributed by atoms with Crippen LogP contribution in [0.1, 0.15) is 38.1 Å². The van der Waals surface area contributed by atoms with Gasteiger partial charge >= 0.3 is 7.12 Å². The van der Waals surface area contributed by atoms with E-state index in [0.717, 1.165) is 0 Å². The molecular weight excluding hydrogens is 245 g/mol. The van der Waals surface area contributed by atoms with Gasteiger partial charge in [-0.25, -0.2) is 4.98 Å². The number of hydrogen-bond donors (Lipinski definition) is 0. The first-order chi connectivity index (χ1) is 8.80. The molecule has 0 aromatic carbocycles. The highest BCUT2D eigenvalue weighted by Gasteiger charge is 2.51. The van der Waals surface area contributed by atoms with Crippen molar-refractivity contribution in [2.75, 3.05) is 7.11 Å². The number of aldehydes is 1. The zero-order valence-corrected chi connectivity index (χ0v) is 11.9. The summed E-state index contributed by atoms with van der Waals surface area (Å²) in [5.41, 5.74) is 0.258. The van der Waals surface area contributed by atoms with Gasteiger partial charge in [-0.15, -0.1) is 0 Å². The van der Waals surface area contributed by atoms with Crippen LogP contribution in [0.5, 0.6) is 5.88 Å². The molecule has 0 bridgehead atoms. The minimum atomic E-state index is -0.526. The fraction of sp³-hybridized carbons (Fsp3) is 0.538. The van der Waals surface area contributed by atoms with Gasteiger partial charge in [0.25, 0.3) is 0 Å². The van der Waals surface area contributed by atoms with Gasteiger partial charge in [0.2, 0.25) is 5.88 Å². The van der Waals surface area contributed by atoms with E-state index >= 15 is 0 Å². The lowest BCUT2D eigenvalue weighted by Crippen LogP contribution is -2.41. The summed E-state index contributed by atoms with van der Waals surface area (Å²) in [7, 11) is 0.950. The van der Waals surface area contributed by atoms with Gasteiger partial charge in [0.1, 0.15) is 0 Å². The van der Waals surface area contributed by atoms with Crippen LogP contribution < -0.4 is 10.2 Å². The van der Waals surface area contributed by atoms with E-state index in [-0.39, 0.29) is 0 Å². The Bertz CT molecular complexity index is 485. The quantitative estimate of drug-likeness (QED) is 0.605. The molecule has 0 spiro atoms. The zero-order chi connectivity index (χ0) is 14.3. The first-order valence-electron chi connectivity index (χ1n) is 6.15. The van der Waals surface area contributed by atoms with Crippen LogP contribution in [0.15, 0.2) is 12.3 Å². The van der Waals surface area contributed by atoms with Gasteiger partial charge in [-0.3, -0.25) is 4.79 Å². The van der Waals surface area contributed by atoms with Crippen molar-refractivity contribution in [1.29, 1.82) is 0 Å². The number of methoxy groups -OCH3 is 1. The average Bonchev–Trinajstić information content (AvgIpc) is 2.57. The summed E-state index contributed by atoms with van der Waals surface area (Å²) in [4.78, 5) is 15.1. The average molecular weight is 263 g/mol. The summed E-state index contributed by atoms with van der Waals surface area (Å²) in [5.74, 6) is 0.301. The van der Waals surface area contributed by atoms with Crippen LogP contribution in [0.25, 0.3) is 0 Å². The van der Waals surface area contributed by atoms with Crippen molar-refractivity contribution in [3.05, 3.63) is 17.8 Å². The van der Waals surface area contributed by atoms with E-state index in [2.05, 4.69) is 4.98 Å².